The predicted octanol–water partition coefficient (Wildman–Crippen LogP) is 17.0. The largest absolute Gasteiger partial charge is 2.00 e. The van der Waals surface area contributed by atoms with E-state index in [1.807, 2.05) is 12.1 Å². The Morgan fingerprint density at radius 1 is 0.203 bits per heavy atom. The summed E-state index contributed by atoms with van der Waals surface area (Å²) in [6.07, 6.45) is 3.25. The fourth-order valence-electron chi connectivity index (χ4n) is 8.34. The van der Waals surface area contributed by atoms with Gasteiger partial charge in [0.15, 0.2) is 0 Å². The van der Waals surface area contributed by atoms with Crippen LogP contribution in [0.1, 0.15) is 0 Å². The van der Waals surface area contributed by atoms with Crippen molar-refractivity contribution in [3.63, 3.8) is 0 Å². The van der Waals surface area contributed by atoms with Gasteiger partial charge in [0.25, 0.3) is 0 Å². The standard InChI is InChI=1S/2C29H21.C4H4O.Ba/c2*1-5-13-22(14-6-1)26-21-27(23-15-7-2-8-16-23)29(25-19-11-4-12-20-25)28(26)24-17-9-3-10-18-24;1-2-4-5-3-1;/h2*1-21H;1-4H;/q2*-1;;+2. The second-order valence-electron chi connectivity index (χ2n) is 15.2. The Labute approximate surface area is 417 Å². The van der Waals surface area contributed by atoms with Crippen LogP contribution in [-0.2, 0) is 0 Å². The Morgan fingerprint density at radius 2 is 0.375 bits per heavy atom. The van der Waals surface area contributed by atoms with E-state index in [2.05, 4.69) is 259 Å². The van der Waals surface area contributed by atoms with Gasteiger partial charge in [-0.25, -0.2) is 0 Å². The van der Waals surface area contributed by atoms with Crippen molar-refractivity contribution in [3.05, 3.63) is 279 Å². The van der Waals surface area contributed by atoms with Crippen LogP contribution in [0.4, 0.5) is 0 Å². The number of benzene rings is 8. The second-order valence-corrected chi connectivity index (χ2v) is 15.2. The fraction of sp³-hybridized carbons (Fsp3) is 0. The minimum absolute atomic E-state index is 0. The molecule has 10 aromatic carbocycles. The van der Waals surface area contributed by atoms with Crippen LogP contribution < -0.4 is 0 Å². The van der Waals surface area contributed by atoms with Crippen LogP contribution in [0.15, 0.2) is 284 Å². The van der Waals surface area contributed by atoms with Gasteiger partial charge in [-0.1, -0.05) is 287 Å². The Kier molecular flexibility index (Phi) is 15.2. The van der Waals surface area contributed by atoms with Gasteiger partial charge in [-0.3, -0.25) is 0 Å². The third kappa shape index (κ3) is 10.2. The molecule has 0 unspecified atom stereocenters. The first-order valence-electron chi connectivity index (χ1n) is 21.4. The van der Waals surface area contributed by atoms with Crippen molar-refractivity contribution >= 4 is 48.9 Å². The first kappa shape index (κ1) is 43.9. The van der Waals surface area contributed by atoms with Gasteiger partial charge in [0, 0.05) is 0 Å². The smallest absolute Gasteiger partial charge is 0.473 e. The maximum atomic E-state index is 4.58. The van der Waals surface area contributed by atoms with Crippen LogP contribution in [-0.4, -0.2) is 48.9 Å². The van der Waals surface area contributed by atoms with Gasteiger partial charge >= 0.3 is 48.9 Å². The quantitative estimate of drug-likeness (QED) is 0.109. The summed E-state index contributed by atoms with van der Waals surface area (Å²) in [7, 11) is 0. The summed E-state index contributed by atoms with van der Waals surface area (Å²) in [5, 5.41) is 0. The molecule has 0 aliphatic rings. The van der Waals surface area contributed by atoms with Gasteiger partial charge in [-0.05, 0) is 12.1 Å². The second kappa shape index (κ2) is 22.1. The zero-order valence-corrected chi connectivity index (χ0v) is 40.1. The summed E-state index contributed by atoms with van der Waals surface area (Å²) >= 11 is 0. The number of rotatable bonds is 8. The van der Waals surface area contributed by atoms with Gasteiger partial charge in [0.05, 0.1) is 12.5 Å². The maximum Gasteiger partial charge on any atom is 2.00 e. The molecule has 0 spiro atoms. The van der Waals surface area contributed by atoms with E-state index in [1.165, 1.54) is 89.0 Å². The third-order valence-electron chi connectivity index (χ3n) is 11.2. The Balaban J connectivity index is 0.000000155. The van der Waals surface area contributed by atoms with Gasteiger partial charge in [-0.15, -0.1) is 56.6 Å². The van der Waals surface area contributed by atoms with E-state index < -0.39 is 0 Å². The molecule has 0 atom stereocenters. The third-order valence-corrected chi connectivity index (χ3v) is 11.2. The molecule has 0 aliphatic heterocycles. The molecular formula is C62H46BaO. The van der Waals surface area contributed by atoms with Crippen molar-refractivity contribution in [2.24, 2.45) is 0 Å². The molecule has 1 aromatic heterocycles. The molecule has 0 fully saturated rings. The van der Waals surface area contributed by atoms with Crippen LogP contribution in [0.25, 0.3) is 89.0 Å². The van der Waals surface area contributed by atoms with Crippen molar-refractivity contribution in [2.45, 2.75) is 0 Å². The van der Waals surface area contributed by atoms with Crippen molar-refractivity contribution < 1.29 is 4.42 Å². The summed E-state index contributed by atoms with van der Waals surface area (Å²) in [5.41, 5.74) is 20.2. The minimum atomic E-state index is 0. The van der Waals surface area contributed by atoms with Crippen LogP contribution in [0.5, 0.6) is 0 Å². The van der Waals surface area contributed by atoms with Crippen molar-refractivity contribution in [1.82, 2.24) is 0 Å². The summed E-state index contributed by atoms with van der Waals surface area (Å²) in [5.74, 6) is 0. The molecule has 0 saturated carbocycles. The van der Waals surface area contributed by atoms with Gasteiger partial charge in [0.1, 0.15) is 0 Å². The Bertz CT molecular complexity index is 2620. The van der Waals surface area contributed by atoms with Gasteiger partial charge in [-0.2, -0.15) is 0 Å². The molecule has 64 heavy (non-hydrogen) atoms. The van der Waals surface area contributed by atoms with E-state index in [0.717, 1.165) is 0 Å². The van der Waals surface area contributed by atoms with Crippen molar-refractivity contribution in [1.29, 1.82) is 0 Å². The summed E-state index contributed by atoms with van der Waals surface area (Å²) in [6, 6.07) is 94.1. The molecule has 11 aromatic rings. The van der Waals surface area contributed by atoms with E-state index in [4.69, 9.17) is 0 Å². The van der Waals surface area contributed by atoms with Crippen LogP contribution in [0, 0.1) is 0 Å². The van der Waals surface area contributed by atoms with Gasteiger partial charge < -0.3 is 4.42 Å². The molecule has 1 nitrogen and oxygen atoms in total. The van der Waals surface area contributed by atoms with Gasteiger partial charge in [0.2, 0.25) is 0 Å². The Morgan fingerprint density at radius 3 is 0.531 bits per heavy atom. The minimum Gasteiger partial charge on any atom is -0.473 e. The first-order valence-corrected chi connectivity index (χ1v) is 21.4. The first-order chi connectivity index (χ1) is 31.3. The van der Waals surface area contributed by atoms with E-state index in [-0.39, 0.29) is 48.9 Å². The summed E-state index contributed by atoms with van der Waals surface area (Å²) in [6.45, 7) is 0. The molecule has 0 amide bonds. The number of hydrogen-bond donors (Lipinski definition) is 0. The molecule has 2 heteroatoms. The number of hydrogen-bond acceptors (Lipinski definition) is 1. The topological polar surface area (TPSA) is 13.1 Å². The van der Waals surface area contributed by atoms with Crippen molar-refractivity contribution in [2.75, 3.05) is 0 Å². The van der Waals surface area contributed by atoms with E-state index in [0.29, 0.717) is 0 Å². The normalized spacial score (nSPS) is 10.4. The van der Waals surface area contributed by atoms with Crippen LogP contribution in [0.2, 0.25) is 0 Å². The molecular weight excluding hydrogens is 898 g/mol. The van der Waals surface area contributed by atoms with E-state index >= 15 is 0 Å². The molecule has 0 aliphatic carbocycles. The van der Waals surface area contributed by atoms with E-state index in [9.17, 15) is 0 Å². The Hall–Kier alpha value is -6.69. The van der Waals surface area contributed by atoms with Crippen molar-refractivity contribution in [3.8, 4) is 89.0 Å². The fourth-order valence-corrected chi connectivity index (χ4v) is 8.34. The average molecular weight is 944 g/mol. The molecule has 1 heterocycles. The average Bonchev–Trinajstić information content (AvgIpc) is 4.18. The molecule has 11 rings (SSSR count). The zero-order valence-electron chi connectivity index (χ0n) is 35.7. The SMILES string of the molecule is [Ba+2].c1ccc(-c2[cH-]c(-c3ccccc3)c(-c3ccccc3)c2-c2ccccc2)cc1.c1ccc(-c2[cH-]c(-c3ccccc3)c(-c3ccccc3)c2-c2ccccc2)cc1.c1ccoc1. The van der Waals surface area contributed by atoms with E-state index in [1.54, 1.807) is 12.5 Å². The van der Waals surface area contributed by atoms with Crippen LogP contribution >= 0.6 is 0 Å². The van der Waals surface area contributed by atoms with Crippen LogP contribution in [0.3, 0.4) is 0 Å². The predicted molar refractivity (Wildman–Crippen MR) is 272 cm³/mol. The zero-order chi connectivity index (χ0) is 42.5. The number of furan rings is 1. The summed E-state index contributed by atoms with van der Waals surface area (Å²) in [4.78, 5) is 0. The summed E-state index contributed by atoms with van der Waals surface area (Å²) < 4.78 is 4.58. The molecule has 302 valence electrons. The maximum absolute atomic E-state index is 4.58. The molecule has 0 saturated heterocycles. The molecule has 0 N–H and O–H groups in total. The molecule has 0 bridgehead atoms. The monoisotopic (exact) mass is 944 g/mol. The molecule has 0 radical (unpaired) electrons.